The van der Waals surface area contributed by atoms with Gasteiger partial charge in [-0.15, -0.1) is 0 Å². The average molecular weight is 324 g/mol. The fourth-order valence-electron chi connectivity index (χ4n) is 1.89. The van der Waals surface area contributed by atoms with Gasteiger partial charge < -0.3 is 10.1 Å². The third-order valence-corrected chi connectivity index (χ3v) is 2.90. The Morgan fingerprint density at radius 1 is 1.13 bits per heavy atom. The number of amides is 2. The minimum Gasteiger partial charge on any atom is -0.444 e. The third-order valence-electron chi connectivity index (χ3n) is 2.90. The van der Waals surface area contributed by atoms with E-state index in [0.29, 0.717) is 12.1 Å². The summed E-state index contributed by atoms with van der Waals surface area (Å²) in [5, 5.41) is 5.15. The van der Waals surface area contributed by atoms with Gasteiger partial charge in [0.25, 0.3) is 0 Å². The van der Waals surface area contributed by atoms with E-state index >= 15 is 0 Å². The van der Waals surface area contributed by atoms with Crippen molar-refractivity contribution in [2.75, 3.05) is 10.6 Å². The van der Waals surface area contributed by atoms with Crippen molar-refractivity contribution in [1.82, 2.24) is 0 Å². The van der Waals surface area contributed by atoms with Gasteiger partial charge in [-0.3, -0.25) is 10.1 Å². The number of benzene rings is 1. The van der Waals surface area contributed by atoms with Gasteiger partial charge in [-0.1, -0.05) is 19.8 Å². The first-order valence-electron chi connectivity index (χ1n) is 7.80. The Hall–Kier alpha value is -2.11. The standard InChI is InChI=1S/C17H25FN2O3/c1-5-6-7-8-15(21)19-14-11-12(18)9-10-13(14)20-16(22)23-17(2,3)4/h9-11H,5-8H2,1-4H3,(H,19,21)(H,20,22). The Balaban J connectivity index is 2.76. The van der Waals surface area contributed by atoms with Gasteiger partial charge in [-0.05, 0) is 45.4 Å². The van der Waals surface area contributed by atoms with Crippen LogP contribution >= 0.6 is 0 Å². The quantitative estimate of drug-likeness (QED) is 0.746. The van der Waals surface area contributed by atoms with Crippen molar-refractivity contribution >= 4 is 23.4 Å². The highest BCUT2D eigenvalue weighted by molar-refractivity contribution is 5.97. The molecule has 0 aliphatic rings. The molecule has 0 atom stereocenters. The highest BCUT2D eigenvalue weighted by Crippen LogP contribution is 2.24. The monoisotopic (exact) mass is 324 g/mol. The maximum Gasteiger partial charge on any atom is 0.412 e. The molecule has 6 heteroatoms. The van der Waals surface area contributed by atoms with Crippen LogP contribution < -0.4 is 10.6 Å². The predicted octanol–water partition coefficient (Wildman–Crippen LogP) is 4.69. The zero-order valence-corrected chi connectivity index (χ0v) is 14.2. The van der Waals surface area contributed by atoms with E-state index in [-0.39, 0.29) is 11.6 Å². The van der Waals surface area contributed by atoms with Crippen molar-refractivity contribution < 1.29 is 18.7 Å². The summed E-state index contributed by atoms with van der Waals surface area (Å²) in [6.07, 6.45) is 2.44. The molecule has 128 valence electrons. The lowest BCUT2D eigenvalue weighted by Crippen LogP contribution is -2.27. The number of rotatable bonds is 6. The molecule has 0 aliphatic carbocycles. The van der Waals surface area contributed by atoms with E-state index < -0.39 is 17.5 Å². The van der Waals surface area contributed by atoms with E-state index in [2.05, 4.69) is 10.6 Å². The van der Waals surface area contributed by atoms with Gasteiger partial charge in [0.1, 0.15) is 11.4 Å². The van der Waals surface area contributed by atoms with E-state index in [4.69, 9.17) is 4.74 Å². The molecule has 0 spiro atoms. The molecule has 0 aliphatic heterocycles. The van der Waals surface area contributed by atoms with Gasteiger partial charge in [0, 0.05) is 6.42 Å². The molecule has 0 aromatic heterocycles. The fourth-order valence-corrected chi connectivity index (χ4v) is 1.89. The smallest absolute Gasteiger partial charge is 0.412 e. The molecule has 5 nitrogen and oxygen atoms in total. The fraction of sp³-hybridized carbons (Fsp3) is 0.529. The van der Waals surface area contributed by atoms with E-state index in [1.54, 1.807) is 20.8 Å². The average Bonchev–Trinajstić information content (AvgIpc) is 2.40. The number of anilines is 2. The topological polar surface area (TPSA) is 67.4 Å². The van der Waals surface area contributed by atoms with Gasteiger partial charge in [-0.2, -0.15) is 0 Å². The Bertz CT molecular complexity index is 553. The number of hydrogen-bond acceptors (Lipinski definition) is 3. The molecular formula is C17H25FN2O3. The second-order valence-electron chi connectivity index (χ2n) is 6.32. The van der Waals surface area contributed by atoms with Crippen molar-refractivity contribution in [3.8, 4) is 0 Å². The molecule has 1 aromatic carbocycles. The van der Waals surface area contributed by atoms with Gasteiger partial charge in [0.15, 0.2) is 0 Å². The minimum absolute atomic E-state index is 0.212. The Labute approximate surface area is 136 Å². The number of nitrogens with one attached hydrogen (secondary N) is 2. The van der Waals surface area contributed by atoms with Crippen molar-refractivity contribution in [3.05, 3.63) is 24.0 Å². The maximum absolute atomic E-state index is 13.4. The number of unbranched alkanes of at least 4 members (excludes halogenated alkanes) is 2. The highest BCUT2D eigenvalue weighted by Gasteiger charge is 2.18. The molecule has 0 fully saturated rings. The molecule has 1 rings (SSSR count). The second-order valence-corrected chi connectivity index (χ2v) is 6.32. The summed E-state index contributed by atoms with van der Waals surface area (Å²) in [5.74, 6) is -0.708. The van der Waals surface area contributed by atoms with E-state index in [9.17, 15) is 14.0 Å². The number of hydrogen-bond donors (Lipinski definition) is 2. The molecule has 0 heterocycles. The molecule has 0 unspecified atom stereocenters. The summed E-state index contributed by atoms with van der Waals surface area (Å²) in [7, 11) is 0. The first-order chi connectivity index (χ1) is 10.7. The van der Waals surface area contributed by atoms with Crippen LogP contribution in [0.2, 0.25) is 0 Å². The first kappa shape index (κ1) is 18.9. The van der Waals surface area contributed by atoms with Crippen molar-refractivity contribution in [3.63, 3.8) is 0 Å². The van der Waals surface area contributed by atoms with Crippen molar-refractivity contribution in [2.45, 2.75) is 59.0 Å². The van der Waals surface area contributed by atoms with Gasteiger partial charge in [0.05, 0.1) is 11.4 Å². The van der Waals surface area contributed by atoms with Gasteiger partial charge in [-0.25, -0.2) is 9.18 Å². The number of ether oxygens (including phenoxy) is 1. The lowest BCUT2D eigenvalue weighted by Gasteiger charge is -2.20. The zero-order valence-electron chi connectivity index (χ0n) is 14.2. The van der Waals surface area contributed by atoms with Crippen LogP contribution in [0, 0.1) is 5.82 Å². The normalized spacial score (nSPS) is 11.0. The first-order valence-corrected chi connectivity index (χ1v) is 7.80. The second kappa shape index (κ2) is 8.50. The number of halogens is 1. The van der Waals surface area contributed by atoms with E-state index in [1.807, 2.05) is 6.92 Å². The van der Waals surface area contributed by atoms with Crippen molar-refractivity contribution in [1.29, 1.82) is 0 Å². The van der Waals surface area contributed by atoms with Crippen LogP contribution in [-0.4, -0.2) is 17.6 Å². The van der Waals surface area contributed by atoms with Crippen LogP contribution in [0.4, 0.5) is 20.6 Å². The summed E-state index contributed by atoms with van der Waals surface area (Å²) in [5.41, 5.74) is -0.130. The molecule has 1 aromatic rings. The number of carbonyl (C=O) groups is 2. The largest absolute Gasteiger partial charge is 0.444 e. The third kappa shape index (κ3) is 7.63. The van der Waals surface area contributed by atoms with Crippen LogP contribution in [0.3, 0.4) is 0 Å². The highest BCUT2D eigenvalue weighted by atomic mass is 19.1. The van der Waals surface area contributed by atoms with Crippen molar-refractivity contribution in [2.24, 2.45) is 0 Å². The lowest BCUT2D eigenvalue weighted by molar-refractivity contribution is -0.116. The minimum atomic E-state index is -0.661. The summed E-state index contributed by atoms with van der Waals surface area (Å²) in [4.78, 5) is 23.7. The summed E-state index contributed by atoms with van der Waals surface area (Å²) in [6.45, 7) is 7.28. The molecule has 2 N–H and O–H groups in total. The predicted molar refractivity (Wildman–Crippen MR) is 89.0 cm³/mol. The van der Waals surface area contributed by atoms with Crippen LogP contribution in [0.5, 0.6) is 0 Å². The molecule has 23 heavy (non-hydrogen) atoms. The Morgan fingerprint density at radius 2 is 1.83 bits per heavy atom. The molecule has 0 saturated carbocycles. The molecule has 0 radical (unpaired) electrons. The van der Waals surface area contributed by atoms with Crippen LogP contribution in [-0.2, 0) is 9.53 Å². The summed E-state index contributed by atoms with van der Waals surface area (Å²) < 4.78 is 18.6. The van der Waals surface area contributed by atoms with Crippen LogP contribution in [0.1, 0.15) is 53.4 Å². The van der Waals surface area contributed by atoms with Crippen LogP contribution in [0.25, 0.3) is 0 Å². The van der Waals surface area contributed by atoms with Crippen LogP contribution in [0.15, 0.2) is 18.2 Å². The Kier molecular flexibility index (Phi) is 7.00. The Morgan fingerprint density at radius 3 is 2.43 bits per heavy atom. The maximum atomic E-state index is 13.4. The molecule has 2 amide bonds. The molecule has 0 saturated heterocycles. The van der Waals surface area contributed by atoms with Gasteiger partial charge in [0.2, 0.25) is 5.91 Å². The lowest BCUT2D eigenvalue weighted by atomic mass is 10.2. The molecular weight excluding hydrogens is 299 g/mol. The van der Waals surface area contributed by atoms with Gasteiger partial charge >= 0.3 is 6.09 Å². The SMILES string of the molecule is CCCCCC(=O)Nc1cc(F)ccc1NC(=O)OC(C)(C)C. The van der Waals surface area contributed by atoms with E-state index in [0.717, 1.165) is 19.3 Å². The summed E-state index contributed by atoms with van der Waals surface area (Å²) in [6, 6.07) is 3.77. The summed E-state index contributed by atoms with van der Waals surface area (Å²) >= 11 is 0. The van der Waals surface area contributed by atoms with E-state index in [1.165, 1.54) is 18.2 Å². The number of carbonyl (C=O) groups excluding carboxylic acids is 2. The molecule has 0 bridgehead atoms. The zero-order chi connectivity index (χ0) is 17.5.